The van der Waals surface area contributed by atoms with Crippen LogP contribution < -0.4 is 0 Å². The fourth-order valence-electron chi connectivity index (χ4n) is 3.66. The molecule has 0 fully saturated rings. The highest BCUT2D eigenvalue weighted by molar-refractivity contribution is 4.96. The van der Waals surface area contributed by atoms with Crippen LogP contribution in [0.2, 0.25) is 0 Å². The average Bonchev–Trinajstić information content (AvgIpc) is 3.16. The molecule has 3 nitrogen and oxygen atoms in total. The number of rotatable bonds is 18. The first-order valence-electron chi connectivity index (χ1n) is 11.2. The monoisotopic (exact) mass is 350 g/mol. The Labute approximate surface area is 156 Å². The first kappa shape index (κ1) is 22.2. The van der Waals surface area contributed by atoms with Crippen LogP contribution in [-0.2, 0) is 0 Å². The summed E-state index contributed by atoms with van der Waals surface area (Å²) < 4.78 is 5.20. The maximum absolute atomic E-state index is 5.20. The first-order chi connectivity index (χ1) is 12.4. The van der Waals surface area contributed by atoms with Crippen LogP contribution in [0.3, 0.4) is 0 Å². The molecule has 0 bridgehead atoms. The average molecular weight is 351 g/mol. The van der Waals surface area contributed by atoms with E-state index < -0.39 is 0 Å². The molecular formula is C22H42N2O. The van der Waals surface area contributed by atoms with Crippen molar-refractivity contribution in [1.29, 1.82) is 0 Å². The number of nitrogens with zero attached hydrogens (tertiary/aromatic N) is 2. The third-order valence-electron chi connectivity index (χ3n) is 5.43. The van der Waals surface area contributed by atoms with Gasteiger partial charge in [0.2, 0.25) is 0 Å². The molecule has 1 rings (SSSR count). The molecule has 1 aromatic heterocycles. The Morgan fingerprint density at radius 3 is 1.60 bits per heavy atom. The predicted octanol–water partition coefficient (Wildman–Crippen LogP) is 7.82. The minimum Gasteiger partial charge on any atom is -0.342 e. The highest BCUT2D eigenvalue weighted by atomic mass is 16.5. The summed E-state index contributed by atoms with van der Waals surface area (Å²) in [6, 6.07) is 0. The molecule has 1 unspecified atom stereocenters. The summed E-state index contributed by atoms with van der Waals surface area (Å²) in [5, 5.41) is 7.38. The second-order valence-electron chi connectivity index (χ2n) is 7.66. The van der Waals surface area contributed by atoms with Crippen molar-refractivity contribution in [2.24, 2.45) is 0 Å². The summed E-state index contributed by atoms with van der Waals surface area (Å²) in [5.41, 5.74) is 0. The minimum atomic E-state index is 0.511. The Kier molecular flexibility index (Phi) is 14.7. The maximum atomic E-state index is 5.20. The largest absolute Gasteiger partial charge is 0.342 e. The lowest BCUT2D eigenvalue weighted by Crippen LogP contribution is -1.96. The van der Waals surface area contributed by atoms with Crippen molar-refractivity contribution < 1.29 is 4.52 Å². The molecule has 0 spiro atoms. The van der Waals surface area contributed by atoms with Gasteiger partial charge >= 0.3 is 0 Å². The van der Waals surface area contributed by atoms with E-state index in [2.05, 4.69) is 24.2 Å². The molecule has 0 N–H and O–H groups in total. The van der Waals surface area contributed by atoms with Crippen LogP contribution in [0, 0.1) is 0 Å². The van der Waals surface area contributed by atoms with Crippen LogP contribution in [0.4, 0.5) is 0 Å². The minimum absolute atomic E-state index is 0.511. The summed E-state index contributed by atoms with van der Waals surface area (Å²) in [7, 11) is 0. The van der Waals surface area contributed by atoms with Crippen molar-refractivity contribution in [1.82, 2.24) is 10.4 Å². The molecule has 1 heterocycles. The molecule has 0 radical (unpaired) electrons. The Hall–Kier alpha value is -0.860. The van der Waals surface area contributed by atoms with E-state index in [4.69, 9.17) is 4.52 Å². The Morgan fingerprint density at radius 1 is 0.720 bits per heavy atom. The van der Waals surface area contributed by atoms with Gasteiger partial charge in [-0.2, -0.15) is 0 Å². The second-order valence-corrected chi connectivity index (χ2v) is 7.66. The molecule has 0 saturated heterocycles. The van der Waals surface area contributed by atoms with E-state index in [0.29, 0.717) is 5.92 Å². The van der Waals surface area contributed by atoms with Gasteiger partial charge < -0.3 is 4.52 Å². The van der Waals surface area contributed by atoms with E-state index in [9.17, 15) is 0 Å². The normalized spacial score (nSPS) is 12.6. The standard InChI is InChI=1S/C22H42N2O/c1-3-5-6-7-8-9-10-11-12-13-14-15-16-17-18-19-21(4-2)22-20-23-24-25-22/h20-21H,3-19H2,1-2H3. The topological polar surface area (TPSA) is 38.9 Å². The van der Waals surface area contributed by atoms with Crippen molar-refractivity contribution in [3.8, 4) is 0 Å². The van der Waals surface area contributed by atoms with E-state index >= 15 is 0 Å². The van der Waals surface area contributed by atoms with Crippen molar-refractivity contribution >= 4 is 0 Å². The van der Waals surface area contributed by atoms with Gasteiger partial charge in [0.25, 0.3) is 0 Å². The molecule has 0 aliphatic carbocycles. The maximum Gasteiger partial charge on any atom is 0.160 e. The number of unbranched alkanes of at least 4 members (excludes halogenated alkanes) is 14. The fourth-order valence-corrected chi connectivity index (χ4v) is 3.66. The summed E-state index contributed by atoms with van der Waals surface area (Å²) >= 11 is 0. The smallest absolute Gasteiger partial charge is 0.160 e. The third-order valence-corrected chi connectivity index (χ3v) is 5.43. The SMILES string of the molecule is CCCCCCCCCCCCCCCCCC(CC)c1cnno1. The quantitative estimate of drug-likeness (QED) is 0.253. The highest BCUT2D eigenvalue weighted by Gasteiger charge is 2.13. The third kappa shape index (κ3) is 12.2. The highest BCUT2D eigenvalue weighted by Crippen LogP contribution is 2.25. The van der Waals surface area contributed by atoms with Crippen LogP contribution in [0.1, 0.15) is 135 Å². The van der Waals surface area contributed by atoms with Crippen LogP contribution in [0.5, 0.6) is 0 Å². The van der Waals surface area contributed by atoms with Gasteiger partial charge in [-0.1, -0.05) is 110 Å². The zero-order valence-corrected chi connectivity index (χ0v) is 17.0. The number of hydrogen-bond donors (Lipinski definition) is 0. The summed E-state index contributed by atoms with van der Waals surface area (Å²) in [6.45, 7) is 4.51. The fraction of sp³-hybridized carbons (Fsp3) is 0.909. The van der Waals surface area contributed by atoms with Gasteiger partial charge in [0.05, 0.1) is 6.20 Å². The van der Waals surface area contributed by atoms with Gasteiger partial charge in [-0.15, -0.1) is 5.10 Å². The molecule has 0 amide bonds. The van der Waals surface area contributed by atoms with Crippen molar-refractivity contribution in [2.45, 2.75) is 129 Å². The van der Waals surface area contributed by atoms with Gasteiger partial charge in [0.1, 0.15) is 0 Å². The summed E-state index contributed by atoms with van der Waals surface area (Å²) in [5.74, 6) is 1.48. The number of hydrogen-bond acceptors (Lipinski definition) is 3. The van der Waals surface area contributed by atoms with E-state index in [-0.39, 0.29) is 0 Å². The van der Waals surface area contributed by atoms with Crippen molar-refractivity contribution in [2.75, 3.05) is 0 Å². The van der Waals surface area contributed by atoms with E-state index in [1.807, 2.05) is 0 Å². The Bertz CT molecular complexity index is 364. The first-order valence-corrected chi connectivity index (χ1v) is 11.2. The lowest BCUT2D eigenvalue weighted by atomic mass is 9.96. The van der Waals surface area contributed by atoms with E-state index in [1.54, 1.807) is 6.20 Å². The number of aromatic nitrogens is 2. The molecular weight excluding hydrogens is 308 g/mol. The molecule has 146 valence electrons. The van der Waals surface area contributed by atoms with Gasteiger partial charge in [0, 0.05) is 11.2 Å². The lowest BCUT2D eigenvalue weighted by Gasteiger charge is -2.10. The van der Waals surface area contributed by atoms with Crippen LogP contribution >= 0.6 is 0 Å². The van der Waals surface area contributed by atoms with Gasteiger partial charge in [-0.25, -0.2) is 0 Å². The molecule has 3 heteroatoms. The van der Waals surface area contributed by atoms with Gasteiger partial charge in [-0.05, 0) is 12.8 Å². The predicted molar refractivity (Wildman–Crippen MR) is 107 cm³/mol. The van der Waals surface area contributed by atoms with Gasteiger partial charge in [-0.3, -0.25) is 0 Å². The van der Waals surface area contributed by atoms with Crippen LogP contribution in [0.25, 0.3) is 0 Å². The van der Waals surface area contributed by atoms with Crippen LogP contribution in [0.15, 0.2) is 10.7 Å². The van der Waals surface area contributed by atoms with Crippen LogP contribution in [-0.4, -0.2) is 10.4 Å². The van der Waals surface area contributed by atoms with E-state index in [0.717, 1.165) is 12.2 Å². The molecule has 1 aromatic rings. The summed E-state index contributed by atoms with van der Waals surface area (Å²) in [4.78, 5) is 0. The molecule has 0 saturated carbocycles. The van der Waals surface area contributed by atoms with E-state index in [1.165, 1.54) is 103 Å². The molecule has 0 aromatic carbocycles. The van der Waals surface area contributed by atoms with Gasteiger partial charge in [0.15, 0.2) is 5.76 Å². The molecule has 25 heavy (non-hydrogen) atoms. The Balaban J connectivity index is 1.79. The Morgan fingerprint density at radius 2 is 1.20 bits per heavy atom. The zero-order chi connectivity index (χ0) is 18.0. The second kappa shape index (κ2) is 16.6. The molecule has 0 aliphatic heterocycles. The molecule has 0 aliphatic rings. The zero-order valence-electron chi connectivity index (χ0n) is 17.0. The molecule has 1 atom stereocenters. The lowest BCUT2D eigenvalue weighted by molar-refractivity contribution is 0.330. The van der Waals surface area contributed by atoms with Crippen molar-refractivity contribution in [3.05, 3.63) is 12.0 Å². The summed E-state index contributed by atoms with van der Waals surface area (Å²) in [6.07, 6.45) is 25.4. The van der Waals surface area contributed by atoms with Crippen molar-refractivity contribution in [3.63, 3.8) is 0 Å².